The molecule has 272 valence electrons. The van der Waals surface area contributed by atoms with E-state index >= 15 is 0 Å². The van der Waals surface area contributed by atoms with E-state index in [2.05, 4.69) is 17.4 Å². The van der Waals surface area contributed by atoms with E-state index in [1.165, 1.54) is 6.92 Å². The molecule has 0 spiro atoms. The fraction of sp³-hybridized carbons (Fsp3) is 0.500. The van der Waals surface area contributed by atoms with Gasteiger partial charge >= 0.3 is 6.09 Å². The minimum absolute atomic E-state index is 0.0558. The number of nitrogens with one attached hydrogen (secondary N) is 1. The van der Waals surface area contributed by atoms with E-state index in [9.17, 15) is 9.59 Å². The zero-order valence-corrected chi connectivity index (χ0v) is 30.5. The highest BCUT2D eigenvalue weighted by molar-refractivity contribution is 5.72. The molecule has 1 aliphatic rings. The van der Waals surface area contributed by atoms with Gasteiger partial charge in [-0.25, -0.2) is 4.79 Å². The highest BCUT2D eigenvalue weighted by Gasteiger charge is 2.35. The van der Waals surface area contributed by atoms with Crippen LogP contribution < -0.4 is 19.5 Å². The van der Waals surface area contributed by atoms with Crippen LogP contribution in [-0.4, -0.2) is 81.8 Å². The molecule has 2 amide bonds. The Morgan fingerprint density at radius 1 is 0.900 bits per heavy atom. The SMILES string of the molecule is COc1ccccc1COCCCOc1ccc(C2CCN(C(=O)OC(C)(C)C)CC2OCCOc2cc(C)ccc2CCNC(C)=O)cc1. The predicted molar refractivity (Wildman–Crippen MR) is 193 cm³/mol. The van der Waals surface area contributed by atoms with Crippen LogP contribution in [0.5, 0.6) is 17.2 Å². The number of piperidine rings is 1. The Hall–Kier alpha value is -4.28. The molecule has 4 rings (SSSR count). The summed E-state index contributed by atoms with van der Waals surface area (Å²) in [6.45, 7) is 13.0. The van der Waals surface area contributed by atoms with Crippen LogP contribution in [-0.2, 0) is 32.0 Å². The van der Waals surface area contributed by atoms with Crippen LogP contribution in [0.4, 0.5) is 4.79 Å². The van der Waals surface area contributed by atoms with Crippen molar-refractivity contribution in [2.24, 2.45) is 0 Å². The first-order valence-corrected chi connectivity index (χ1v) is 17.5. The van der Waals surface area contributed by atoms with E-state index in [0.29, 0.717) is 59.1 Å². The van der Waals surface area contributed by atoms with E-state index in [1.807, 2.05) is 82.3 Å². The molecule has 1 heterocycles. The normalized spacial score (nSPS) is 16.1. The summed E-state index contributed by atoms with van der Waals surface area (Å²) < 4.78 is 35.5. The predicted octanol–water partition coefficient (Wildman–Crippen LogP) is 6.86. The van der Waals surface area contributed by atoms with Gasteiger partial charge in [-0.05, 0) is 81.5 Å². The Morgan fingerprint density at radius 2 is 1.68 bits per heavy atom. The molecule has 0 saturated carbocycles. The second-order valence-corrected chi connectivity index (χ2v) is 13.6. The molecule has 3 aromatic carbocycles. The second kappa shape index (κ2) is 19.2. The largest absolute Gasteiger partial charge is 0.496 e. The number of hydrogen-bond acceptors (Lipinski definition) is 8. The van der Waals surface area contributed by atoms with E-state index in [4.69, 9.17) is 28.4 Å². The van der Waals surface area contributed by atoms with Crippen LogP contribution in [0.1, 0.15) is 68.7 Å². The van der Waals surface area contributed by atoms with Gasteiger partial charge in [-0.3, -0.25) is 4.79 Å². The van der Waals surface area contributed by atoms with Gasteiger partial charge in [0.05, 0.1) is 46.2 Å². The van der Waals surface area contributed by atoms with Crippen molar-refractivity contribution in [2.75, 3.05) is 53.2 Å². The van der Waals surface area contributed by atoms with Gasteiger partial charge in [-0.1, -0.05) is 42.5 Å². The van der Waals surface area contributed by atoms with Gasteiger partial charge in [0.15, 0.2) is 0 Å². The van der Waals surface area contributed by atoms with E-state index in [1.54, 1.807) is 12.0 Å². The van der Waals surface area contributed by atoms with Crippen molar-refractivity contribution in [3.8, 4) is 17.2 Å². The molecule has 10 nitrogen and oxygen atoms in total. The summed E-state index contributed by atoms with van der Waals surface area (Å²) in [4.78, 5) is 26.1. The summed E-state index contributed by atoms with van der Waals surface area (Å²) in [5, 5.41) is 2.84. The molecule has 50 heavy (non-hydrogen) atoms. The monoisotopic (exact) mass is 690 g/mol. The first kappa shape index (κ1) is 38.5. The van der Waals surface area contributed by atoms with Crippen molar-refractivity contribution in [1.82, 2.24) is 10.2 Å². The molecule has 2 atom stereocenters. The van der Waals surface area contributed by atoms with Gasteiger partial charge in [-0.2, -0.15) is 0 Å². The van der Waals surface area contributed by atoms with Crippen LogP contribution in [0.2, 0.25) is 0 Å². The number of carbonyl (C=O) groups excluding carboxylic acids is 2. The molecule has 1 fully saturated rings. The number of aryl methyl sites for hydroxylation is 1. The summed E-state index contributed by atoms with van der Waals surface area (Å²) in [6, 6.07) is 22.1. The Bertz CT molecular complexity index is 1500. The molecule has 1 aliphatic heterocycles. The quantitative estimate of drug-likeness (QED) is 0.153. The average molecular weight is 691 g/mol. The summed E-state index contributed by atoms with van der Waals surface area (Å²) in [5.74, 6) is 2.43. The zero-order valence-electron chi connectivity index (χ0n) is 30.5. The number of benzene rings is 3. The summed E-state index contributed by atoms with van der Waals surface area (Å²) in [5.41, 5.74) is 3.69. The molecule has 0 bridgehead atoms. The molecule has 0 aliphatic carbocycles. The smallest absolute Gasteiger partial charge is 0.410 e. The lowest BCUT2D eigenvalue weighted by molar-refractivity contribution is -0.118. The van der Waals surface area contributed by atoms with Crippen LogP contribution in [0.3, 0.4) is 0 Å². The van der Waals surface area contributed by atoms with Crippen molar-refractivity contribution in [3.05, 3.63) is 89.0 Å². The third-order valence-electron chi connectivity index (χ3n) is 8.33. The van der Waals surface area contributed by atoms with Crippen LogP contribution in [0, 0.1) is 6.92 Å². The second-order valence-electron chi connectivity index (χ2n) is 13.6. The molecular formula is C40H54N2O8. The number of methoxy groups -OCH3 is 1. The number of carbonyl (C=O) groups is 2. The van der Waals surface area contributed by atoms with Crippen molar-refractivity contribution in [2.45, 2.75) is 78.1 Å². The fourth-order valence-corrected chi connectivity index (χ4v) is 5.85. The molecule has 1 N–H and O–H groups in total. The first-order valence-electron chi connectivity index (χ1n) is 17.5. The maximum Gasteiger partial charge on any atom is 0.410 e. The van der Waals surface area contributed by atoms with E-state index in [-0.39, 0.29) is 24.0 Å². The minimum atomic E-state index is -0.582. The van der Waals surface area contributed by atoms with Gasteiger partial charge in [0, 0.05) is 37.9 Å². The lowest BCUT2D eigenvalue weighted by Gasteiger charge is -2.39. The highest BCUT2D eigenvalue weighted by atomic mass is 16.6. The molecule has 1 saturated heterocycles. The van der Waals surface area contributed by atoms with Crippen molar-refractivity contribution < 1.29 is 38.0 Å². The lowest BCUT2D eigenvalue weighted by Crippen LogP contribution is -2.48. The summed E-state index contributed by atoms with van der Waals surface area (Å²) in [7, 11) is 1.66. The van der Waals surface area contributed by atoms with E-state index < -0.39 is 5.60 Å². The van der Waals surface area contributed by atoms with Crippen LogP contribution >= 0.6 is 0 Å². The average Bonchev–Trinajstić information content (AvgIpc) is 3.08. The highest BCUT2D eigenvalue weighted by Crippen LogP contribution is 2.32. The number of nitrogens with zero attached hydrogens (tertiary/aromatic N) is 1. The first-order chi connectivity index (χ1) is 24.0. The van der Waals surface area contributed by atoms with E-state index in [0.717, 1.165) is 52.3 Å². The number of amides is 2. The Balaban J connectivity index is 1.31. The molecular weight excluding hydrogens is 636 g/mol. The Morgan fingerprint density at radius 3 is 2.42 bits per heavy atom. The number of rotatable bonds is 17. The maximum atomic E-state index is 13.0. The maximum absolute atomic E-state index is 13.0. The van der Waals surface area contributed by atoms with Gasteiger partial charge in [0.25, 0.3) is 0 Å². The molecule has 0 aromatic heterocycles. The molecule has 2 unspecified atom stereocenters. The van der Waals surface area contributed by atoms with Crippen LogP contribution in [0.25, 0.3) is 0 Å². The number of ether oxygens (including phenoxy) is 6. The minimum Gasteiger partial charge on any atom is -0.496 e. The molecule has 0 radical (unpaired) electrons. The molecule has 10 heteroatoms. The van der Waals surface area contributed by atoms with Crippen molar-refractivity contribution in [3.63, 3.8) is 0 Å². The summed E-state index contributed by atoms with van der Waals surface area (Å²) >= 11 is 0. The Kier molecular flexibility index (Phi) is 14.8. The fourth-order valence-electron chi connectivity index (χ4n) is 5.85. The van der Waals surface area contributed by atoms with Gasteiger partial charge in [-0.15, -0.1) is 0 Å². The van der Waals surface area contributed by atoms with Gasteiger partial charge in [0.2, 0.25) is 5.91 Å². The van der Waals surface area contributed by atoms with Crippen molar-refractivity contribution >= 4 is 12.0 Å². The van der Waals surface area contributed by atoms with Gasteiger partial charge < -0.3 is 38.6 Å². The van der Waals surface area contributed by atoms with Crippen molar-refractivity contribution in [1.29, 1.82) is 0 Å². The zero-order chi connectivity index (χ0) is 35.9. The summed E-state index contributed by atoms with van der Waals surface area (Å²) in [6.07, 6.45) is 1.59. The Labute approximate surface area is 297 Å². The molecule has 3 aromatic rings. The third-order valence-corrected chi connectivity index (χ3v) is 8.33. The number of hydrogen-bond donors (Lipinski definition) is 1. The number of likely N-dealkylation sites (tertiary alicyclic amines) is 1. The topological polar surface area (TPSA) is 105 Å². The standard InChI is InChI=1S/C40H54N2O8/c1-29-12-13-32(18-20-41-30(2)43)37(26-29)48-24-25-49-38-27-42(39(44)50-40(3,4)5)21-19-35(38)31-14-16-34(17-15-31)47-23-9-22-46-28-33-10-7-8-11-36(33)45-6/h7-8,10-17,26,35,38H,9,18-25,27-28H2,1-6H3,(H,41,43). The van der Waals surface area contributed by atoms with Crippen LogP contribution in [0.15, 0.2) is 66.7 Å². The van der Waals surface area contributed by atoms with Gasteiger partial charge in [0.1, 0.15) is 29.5 Å². The number of para-hydroxylation sites is 1. The third kappa shape index (κ3) is 12.6. The lowest BCUT2D eigenvalue weighted by atomic mass is 9.87.